The molecule has 1 atom stereocenters. The molecule has 1 aromatic carbocycles. The van der Waals surface area contributed by atoms with E-state index in [-0.39, 0.29) is 5.91 Å². The van der Waals surface area contributed by atoms with Crippen molar-refractivity contribution in [2.75, 3.05) is 6.54 Å². The van der Waals surface area contributed by atoms with E-state index in [1.54, 1.807) is 13.2 Å². The van der Waals surface area contributed by atoms with E-state index in [9.17, 15) is 4.79 Å². The van der Waals surface area contributed by atoms with Crippen LogP contribution in [0, 0.1) is 6.92 Å². The summed E-state index contributed by atoms with van der Waals surface area (Å²) in [5.74, 6) is 1.43. The molecule has 0 radical (unpaired) electrons. The normalized spacial score (nSPS) is 11.9. The predicted octanol–water partition coefficient (Wildman–Crippen LogP) is 2.71. The molecule has 1 unspecified atom stereocenters. The molecule has 0 bridgehead atoms. The first-order valence-corrected chi connectivity index (χ1v) is 6.68. The van der Waals surface area contributed by atoms with Crippen LogP contribution in [-0.2, 0) is 11.2 Å². The molecule has 0 saturated heterocycles. The molecule has 2 rings (SSSR count). The molecule has 0 saturated carbocycles. The van der Waals surface area contributed by atoms with Crippen molar-refractivity contribution in [3.8, 4) is 5.75 Å². The summed E-state index contributed by atoms with van der Waals surface area (Å²) in [6, 6.07) is 11.4. The van der Waals surface area contributed by atoms with Gasteiger partial charge in [-0.05, 0) is 38.1 Å². The topological polar surface area (TPSA) is 51.5 Å². The molecule has 4 nitrogen and oxygen atoms in total. The number of amides is 1. The first-order chi connectivity index (χ1) is 9.65. The number of hydrogen-bond donors (Lipinski definition) is 1. The van der Waals surface area contributed by atoms with Crippen LogP contribution in [0.2, 0.25) is 0 Å². The molecule has 0 aliphatic rings. The summed E-state index contributed by atoms with van der Waals surface area (Å²) in [5, 5.41) is 2.83. The molecule has 1 aromatic heterocycles. The van der Waals surface area contributed by atoms with Crippen molar-refractivity contribution in [3.63, 3.8) is 0 Å². The average molecular weight is 273 g/mol. The monoisotopic (exact) mass is 273 g/mol. The molecule has 0 aliphatic carbocycles. The quantitative estimate of drug-likeness (QED) is 0.880. The number of carbonyl (C=O) groups is 1. The van der Waals surface area contributed by atoms with Gasteiger partial charge in [-0.25, -0.2) is 0 Å². The number of hydrogen-bond acceptors (Lipinski definition) is 3. The Morgan fingerprint density at radius 1 is 1.30 bits per heavy atom. The Morgan fingerprint density at radius 2 is 2.05 bits per heavy atom. The van der Waals surface area contributed by atoms with Crippen molar-refractivity contribution in [2.24, 2.45) is 0 Å². The Labute approximate surface area is 118 Å². The highest BCUT2D eigenvalue weighted by atomic mass is 16.5. The summed E-state index contributed by atoms with van der Waals surface area (Å²) in [6.45, 7) is 4.28. The van der Waals surface area contributed by atoms with Gasteiger partial charge in [0.2, 0.25) is 0 Å². The van der Waals surface area contributed by atoms with Crippen LogP contribution in [0.25, 0.3) is 0 Å². The second-order valence-corrected chi connectivity index (χ2v) is 4.69. The van der Waals surface area contributed by atoms with E-state index >= 15 is 0 Å². The van der Waals surface area contributed by atoms with E-state index in [1.165, 1.54) is 0 Å². The van der Waals surface area contributed by atoms with Gasteiger partial charge in [0, 0.05) is 13.0 Å². The van der Waals surface area contributed by atoms with Crippen LogP contribution in [0.15, 0.2) is 47.1 Å². The molecule has 0 aliphatic heterocycles. The third kappa shape index (κ3) is 4.16. The fourth-order valence-electron chi connectivity index (χ4n) is 1.78. The van der Waals surface area contributed by atoms with Crippen LogP contribution < -0.4 is 10.1 Å². The van der Waals surface area contributed by atoms with Gasteiger partial charge in [-0.2, -0.15) is 0 Å². The minimum Gasteiger partial charge on any atom is -0.481 e. The summed E-state index contributed by atoms with van der Waals surface area (Å²) < 4.78 is 10.8. The summed E-state index contributed by atoms with van der Waals surface area (Å²) >= 11 is 0. The maximum Gasteiger partial charge on any atom is 0.260 e. The van der Waals surface area contributed by atoms with Crippen molar-refractivity contribution in [3.05, 3.63) is 54.0 Å². The SMILES string of the molecule is Cc1ccc(OC(C)C(=O)NCCc2ccco2)cc1. The molecular weight excluding hydrogens is 254 g/mol. The van der Waals surface area contributed by atoms with Crippen LogP contribution in [0.5, 0.6) is 5.75 Å². The maximum absolute atomic E-state index is 11.9. The Kier molecular flexibility index (Phi) is 4.82. The van der Waals surface area contributed by atoms with Gasteiger partial charge < -0.3 is 14.5 Å². The molecule has 2 aromatic rings. The van der Waals surface area contributed by atoms with Gasteiger partial charge in [-0.3, -0.25) is 4.79 Å². The summed E-state index contributed by atoms with van der Waals surface area (Å²) in [7, 11) is 0. The third-order valence-corrected chi connectivity index (χ3v) is 2.95. The second-order valence-electron chi connectivity index (χ2n) is 4.69. The first-order valence-electron chi connectivity index (χ1n) is 6.68. The smallest absolute Gasteiger partial charge is 0.260 e. The Morgan fingerprint density at radius 3 is 2.70 bits per heavy atom. The fraction of sp³-hybridized carbons (Fsp3) is 0.312. The van der Waals surface area contributed by atoms with Gasteiger partial charge in [-0.1, -0.05) is 17.7 Å². The average Bonchev–Trinajstić information content (AvgIpc) is 2.94. The summed E-state index contributed by atoms with van der Waals surface area (Å²) in [6.07, 6.45) is 1.78. The molecule has 0 fully saturated rings. The van der Waals surface area contributed by atoms with Gasteiger partial charge in [0.25, 0.3) is 5.91 Å². The molecule has 1 heterocycles. The summed E-state index contributed by atoms with van der Waals surface area (Å²) in [5.41, 5.74) is 1.16. The van der Waals surface area contributed by atoms with Crippen LogP contribution in [0.3, 0.4) is 0 Å². The number of ether oxygens (including phenoxy) is 1. The van der Waals surface area contributed by atoms with Crippen LogP contribution in [0.1, 0.15) is 18.2 Å². The molecule has 4 heteroatoms. The van der Waals surface area contributed by atoms with Crippen LogP contribution in [-0.4, -0.2) is 18.6 Å². The van der Waals surface area contributed by atoms with E-state index in [0.717, 1.165) is 11.3 Å². The van der Waals surface area contributed by atoms with Gasteiger partial charge in [0.1, 0.15) is 11.5 Å². The highest BCUT2D eigenvalue weighted by Crippen LogP contribution is 2.13. The first kappa shape index (κ1) is 14.2. The molecule has 1 N–H and O–H groups in total. The highest BCUT2D eigenvalue weighted by molar-refractivity contribution is 5.80. The highest BCUT2D eigenvalue weighted by Gasteiger charge is 2.14. The number of aryl methyl sites for hydroxylation is 1. The van der Waals surface area contributed by atoms with Gasteiger partial charge in [0.15, 0.2) is 6.10 Å². The van der Waals surface area contributed by atoms with Crippen molar-refractivity contribution in [2.45, 2.75) is 26.4 Å². The molecule has 0 spiro atoms. The largest absolute Gasteiger partial charge is 0.481 e. The lowest BCUT2D eigenvalue weighted by molar-refractivity contribution is -0.127. The molecule has 1 amide bonds. The van der Waals surface area contributed by atoms with E-state index in [1.807, 2.05) is 43.3 Å². The maximum atomic E-state index is 11.9. The number of rotatable bonds is 6. The Hall–Kier alpha value is -2.23. The zero-order chi connectivity index (χ0) is 14.4. The molecule has 106 valence electrons. The van der Waals surface area contributed by atoms with E-state index in [0.29, 0.717) is 18.7 Å². The van der Waals surface area contributed by atoms with Crippen molar-refractivity contribution in [1.82, 2.24) is 5.32 Å². The zero-order valence-corrected chi connectivity index (χ0v) is 11.8. The summed E-state index contributed by atoms with van der Waals surface area (Å²) in [4.78, 5) is 11.9. The van der Waals surface area contributed by atoms with Crippen LogP contribution in [0.4, 0.5) is 0 Å². The minimum absolute atomic E-state index is 0.128. The van der Waals surface area contributed by atoms with E-state index < -0.39 is 6.10 Å². The van der Waals surface area contributed by atoms with Crippen molar-refractivity contribution in [1.29, 1.82) is 0 Å². The van der Waals surface area contributed by atoms with Gasteiger partial charge >= 0.3 is 0 Å². The molecule has 20 heavy (non-hydrogen) atoms. The fourth-order valence-corrected chi connectivity index (χ4v) is 1.78. The number of benzene rings is 1. The number of nitrogens with one attached hydrogen (secondary N) is 1. The zero-order valence-electron chi connectivity index (χ0n) is 11.8. The second kappa shape index (κ2) is 6.80. The van der Waals surface area contributed by atoms with Gasteiger partial charge in [-0.15, -0.1) is 0 Å². The minimum atomic E-state index is -0.519. The standard InChI is InChI=1S/C16H19NO3/c1-12-5-7-15(8-6-12)20-13(2)16(18)17-10-9-14-4-3-11-19-14/h3-8,11,13H,9-10H2,1-2H3,(H,17,18). The van der Waals surface area contributed by atoms with E-state index in [4.69, 9.17) is 9.15 Å². The van der Waals surface area contributed by atoms with Crippen molar-refractivity contribution >= 4 is 5.91 Å². The Balaban J connectivity index is 1.75. The Bertz CT molecular complexity index is 531. The van der Waals surface area contributed by atoms with Crippen molar-refractivity contribution < 1.29 is 13.9 Å². The van der Waals surface area contributed by atoms with Crippen LogP contribution >= 0.6 is 0 Å². The van der Waals surface area contributed by atoms with Gasteiger partial charge in [0.05, 0.1) is 6.26 Å². The molecular formula is C16H19NO3. The number of furan rings is 1. The number of carbonyl (C=O) groups excluding carboxylic acids is 1. The lowest BCUT2D eigenvalue weighted by atomic mass is 10.2. The lowest BCUT2D eigenvalue weighted by Crippen LogP contribution is -2.37. The lowest BCUT2D eigenvalue weighted by Gasteiger charge is -2.14. The predicted molar refractivity (Wildman–Crippen MR) is 76.7 cm³/mol. The third-order valence-electron chi connectivity index (χ3n) is 2.95. The van der Waals surface area contributed by atoms with E-state index in [2.05, 4.69) is 5.32 Å².